The molecule has 2 rings (SSSR count). The molecule has 2 fully saturated rings. The van der Waals surface area contributed by atoms with Crippen molar-refractivity contribution >= 4 is 11.8 Å². The van der Waals surface area contributed by atoms with E-state index in [4.69, 9.17) is 10.5 Å². The molecule has 2 atom stereocenters. The molecule has 0 unspecified atom stereocenters. The molecule has 138 valence electrons. The average Bonchev–Trinajstić information content (AvgIpc) is 2.43. The third kappa shape index (κ3) is 5.91. The van der Waals surface area contributed by atoms with E-state index in [-0.39, 0.29) is 36.5 Å². The van der Waals surface area contributed by atoms with E-state index >= 15 is 0 Å². The maximum atomic E-state index is 12.3. The predicted molar refractivity (Wildman–Crippen MR) is 76.7 cm³/mol. The Kier molecular flexibility index (Phi) is 6.41. The summed E-state index contributed by atoms with van der Waals surface area (Å²) in [5.74, 6) is -0.226. The van der Waals surface area contributed by atoms with Gasteiger partial charge in [0.25, 0.3) is 0 Å². The van der Waals surface area contributed by atoms with Crippen LogP contribution in [-0.4, -0.2) is 68.1 Å². The molecule has 2 aliphatic heterocycles. The molecule has 0 aliphatic carbocycles. The number of hydrogen-bond acceptors (Lipinski definition) is 5. The summed E-state index contributed by atoms with van der Waals surface area (Å²) >= 11 is 0. The molecule has 2 aliphatic rings. The van der Waals surface area contributed by atoms with Crippen LogP contribution in [0.15, 0.2) is 0 Å². The minimum absolute atomic E-state index is 0.0427. The summed E-state index contributed by atoms with van der Waals surface area (Å²) in [5, 5.41) is 3.12. The number of likely N-dealkylation sites (tertiary alicyclic amines) is 1. The second kappa shape index (κ2) is 8.13. The molecule has 7 nitrogen and oxygen atoms in total. The SMILES string of the molecule is NC(=O)C[C@@H]1CC[C@H](C(=O)N2CC(OCCOC(F)(F)F)C2)NC1. The Balaban J connectivity index is 1.58. The fourth-order valence-corrected chi connectivity index (χ4v) is 2.90. The van der Waals surface area contributed by atoms with Crippen molar-refractivity contribution in [2.24, 2.45) is 11.7 Å². The van der Waals surface area contributed by atoms with Crippen LogP contribution < -0.4 is 11.1 Å². The van der Waals surface area contributed by atoms with E-state index in [1.165, 1.54) is 0 Å². The number of carbonyl (C=O) groups is 2. The van der Waals surface area contributed by atoms with Crippen molar-refractivity contribution < 1.29 is 32.2 Å². The number of nitrogens with two attached hydrogens (primary N) is 1. The first-order chi connectivity index (χ1) is 11.2. The molecular formula is C14H22F3N3O4. The van der Waals surface area contributed by atoms with Gasteiger partial charge in [-0.15, -0.1) is 13.2 Å². The lowest BCUT2D eigenvalue weighted by atomic mass is 9.91. The number of amides is 2. The van der Waals surface area contributed by atoms with Gasteiger partial charge in [0.15, 0.2) is 0 Å². The van der Waals surface area contributed by atoms with Crippen molar-refractivity contribution in [3.63, 3.8) is 0 Å². The summed E-state index contributed by atoms with van der Waals surface area (Å²) in [7, 11) is 0. The Labute approximate surface area is 137 Å². The Hall–Kier alpha value is -1.39. The van der Waals surface area contributed by atoms with Gasteiger partial charge in [-0.25, -0.2) is 0 Å². The van der Waals surface area contributed by atoms with E-state index in [1.54, 1.807) is 4.90 Å². The van der Waals surface area contributed by atoms with E-state index in [1.807, 2.05) is 0 Å². The molecule has 24 heavy (non-hydrogen) atoms. The summed E-state index contributed by atoms with van der Waals surface area (Å²) in [6.45, 7) is 0.589. The number of alkyl halides is 3. The third-order valence-electron chi connectivity index (χ3n) is 4.17. The first-order valence-corrected chi connectivity index (χ1v) is 7.87. The van der Waals surface area contributed by atoms with Crippen LogP contribution in [0.3, 0.4) is 0 Å². The molecule has 0 aromatic carbocycles. The zero-order chi connectivity index (χ0) is 17.7. The van der Waals surface area contributed by atoms with E-state index in [0.29, 0.717) is 32.5 Å². The van der Waals surface area contributed by atoms with Gasteiger partial charge in [0.1, 0.15) is 0 Å². The fraction of sp³-hybridized carbons (Fsp3) is 0.857. The number of primary amides is 1. The largest absolute Gasteiger partial charge is 0.522 e. The number of nitrogens with zero attached hydrogens (tertiary/aromatic N) is 1. The number of carbonyl (C=O) groups excluding carboxylic acids is 2. The molecule has 10 heteroatoms. The summed E-state index contributed by atoms with van der Waals surface area (Å²) in [4.78, 5) is 24.8. The minimum atomic E-state index is -4.65. The van der Waals surface area contributed by atoms with Crippen molar-refractivity contribution in [3.8, 4) is 0 Å². The van der Waals surface area contributed by atoms with Gasteiger partial charge < -0.3 is 20.7 Å². The fourth-order valence-electron chi connectivity index (χ4n) is 2.90. The zero-order valence-corrected chi connectivity index (χ0v) is 13.2. The second-order valence-corrected chi connectivity index (χ2v) is 6.10. The molecular weight excluding hydrogens is 331 g/mol. The van der Waals surface area contributed by atoms with Crippen molar-refractivity contribution in [1.82, 2.24) is 10.2 Å². The van der Waals surface area contributed by atoms with Crippen LogP contribution in [0.25, 0.3) is 0 Å². The molecule has 0 bridgehead atoms. The summed E-state index contributed by atoms with van der Waals surface area (Å²) in [6, 6.07) is -0.288. The van der Waals surface area contributed by atoms with Gasteiger partial charge in [0.05, 0.1) is 25.4 Å². The summed E-state index contributed by atoms with van der Waals surface area (Å²) in [5.41, 5.74) is 5.16. The van der Waals surface area contributed by atoms with Crippen molar-refractivity contribution in [2.45, 2.75) is 37.8 Å². The van der Waals surface area contributed by atoms with Crippen LogP contribution in [0.5, 0.6) is 0 Å². The quantitative estimate of drug-likeness (QED) is 0.628. The monoisotopic (exact) mass is 353 g/mol. The Morgan fingerprint density at radius 1 is 1.21 bits per heavy atom. The lowest BCUT2D eigenvalue weighted by Crippen LogP contribution is -2.60. The molecule has 2 heterocycles. The summed E-state index contributed by atoms with van der Waals surface area (Å²) in [6.07, 6.45) is -3.19. The highest BCUT2D eigenvalue weighted by Crippen LogP contribution is 2.21. The van der Waals surface area contributed by atoms with Gasteiger partial charge in [0.2, 0.25) is 11.8 Å². The normalized spacial score (nSPS) is 25.4. The van der Waals surface area contributed by atoms with Crippen LogP contribution in [-0.2, 0) is 19.1 Å². The number of piperidine rings is 1. The maximum absolute atomic E-state index is 12.3. The molecule has 0 aromatic rings. The summed E-state index contributed by atoms with van der Waals surface area (Å²) < 4.78 is 44.2. The molecule has 3 N–H and O–H groups in total. The van der Waals surface area contributed by atoms with Gasteiger partial charge in [0, 0.05) is 19.5 Å². The van der Waals surface area contributed by atoms with Crippen molar-refractivity contribution in [2.75, 3.05) is 32.8 Å². The maximum Gasteiger partial charge on any atom is 0.522 e. The molecule has 2 amide bonds. The van der Waals surface area contributed by atoms with Crippen molar-refractivity contribution in [1.29, 1.82) is 0 Å². The van der Waals surface area contributed by atoms with Crippen LogP contribution in [0.2, 0.25) is 0 Å². The smallest absolute Gasteiger partial charge is 0.372 e. The van der Waals surface area contributed by atoms with E-state index in [2.05, 4.69) is 10.1 Å². The number of hydrogen-bond donors (Lipinski definition) is 2. The van der Waals surface area contributed by atoms with Gasteiger partial charge in [-0.1, -0.05) is 0 Å². The second-order valence-electron chi connectivity index (χ2n) is 6.10. The van der Waals surface area contributed by atoms with Gasteiger partial charge in [-0.3, -0.25) is 14.3 Å². The molecule has 2 saturated heterocycles. The van der Waals surface area contributed by atoms with Crippen LogP contribution in [0.1, 0.15) is 19.3 Å². The lowest BCUT2D eigenvalue weighted by Gasteiger charge is -2.42. The van der Waals surface area contributed by atoms with E-state index in [0.717, 1.165) is 6.42 Å². The van der Waals surface area contributed by atoms with Gasteiger partial charge in [-0.05, 0) is 25.3 Å². The topological polar surface area (TPSA) is 93.9 Å². The van der Waals surface area contributed by atoms with Crippen LogP contribution in [0.4, 0.5) is 13.2 Å². The molecule has 0 saturated carbocycles. The number of ether oxygens (including phenoxy) is 2. The first-order valence-electron chi connectivity index (χ1n) is 7.87. The Bertz CT molecular complexity index is 447. The Morgan fingerprint density at radius 2 is 1.92 bits per heavy atom. The van der Waals surface area contributed by atoms with Crippen LogP contribution >= 0.6 is 0 Å². The number of halogens is 3. The molecule has 0 spiro atoms. The van der Waals surface area contributed by atoms with E-state index in [9.17, 15) is 22.8 Å². The molecule has 0 radical (unpaired) electrons. The highest BCUT2D eigenvalue weighted by Gasteiger charge is 2.37. The Morgan fingerprint density at radius 3 is 2.46 bits per heavy atom. The minimum Gasteiger partial charge on any atom is -0.372 e. The molecule has 0 aromatic heterocycles. The number of rotatable bonds is 7. The van der Waals surface area contributed by atoms with Gasteiger partial charge in [-0.2, -0.15) is 0 Å². The highest BCUT2D eigenvalue weighted by molar-refractivity contribution is 5.83. The zero-order valence-electron chi connectivity index (χ0n) is 13.2. The van der Waals surface area contributed by atoms with Crippen molar-refractivity contribution in [3.05, 3.63) is 0 Å². The third-order valence-corrected chi connectivity index (χ3v) is 4.17. The van der Waals surface area contributed by atoms with Crippen LogP contribution in [0, 0.1) is 5.92 Å². The predicted octanol–water partition coefficient (Wildman–Crippen LogP) is -0.00620. The lowest BCUT2D eigenvalue weighted by molar-refractivity contribution is -0.328. The van der Waals surface area contributed by atoms with Gasteiger partial charge >= 0.3 is 6.36 Å². The van der Waals surface area contributed by atoms with E-state index < -0.39 is 13.0 Å². The average molecular weight is 353 g/mol. The first kappa shape index (κ1) is 18.9. The highest BCUT2D eigenvalue weighted by atomic mass is 19.4. The standard InChI is InChI=1S/C14H22F3N3O4/c15-14(16,17)24-4-3-23-10-7-20(8-10)13(22)11-2-1-9(6-19-11)5-12(18)21/h9-11,19H,1-8H2,(H2,18,21)/t9-,11+/m0/s1. The number of nitrogens with one attached hydrogen (secondary N) is 1.